The predicted molar refractivity (Wildman–Crippen MR) is 123 cm³/mol. The Labute approximate surface area is 190 Å². The molecule has 3 aliphatic rings. The molecule has 31 heavy (non-hydrogen) atoms. The predicted octanol–water partition coefficient (Wildman–Crippen LogP) is 5.51. The second kappa shape index (κ2) is 8.87. The third-order valence-electron chi connectivity index (χ3n) is 9.87. The molecule has 0 amide bonds. The van der Waals surface area contributed by atoms with Gasteiger partial charge < -0.3 is 23.7 Å². The van der Waals surface area contributed by atoms with Gasteiger partial charge in [0.25, 0.3) is 0 Å². The first-order chi connectivity index (χ1) is 14.3. The number of ether oxygens (including phenoxy) is 5. The smallest absolute Gasteiger partial charge is 0.195 e. The lowest BCUT2D eigenvalue weighted by Gasteiger charge is -2.48. The lowest BCUT2D eigenvalue weighted by Crippen LogP contribution is -2.55. The van der Waals surface area contributed by atoms with Crippen molar-refractivity contribution in [2.75, 3.05) is 19.8 Å². The largest absolute Gasteiger partial charge is 0.372 e. The minimum absolute atomic E-state index is 0.114. The van der Waals surface area contributed by atoms with Crippen LogP contribution in [0.2, 0.25) is 0 Å². The highest BCUT2D eigenvalue weighted by molar-refractivity contribution is 4.96. The van der Waals surface area contributed by atoms with Crippen LogP contribution in [-0.4, -0.2) is 49.2 Å². The van der Waals surface area contributed by atoms with Crippen molar-refractivity contribution in [3.8, 4) is 0 Å². The van der Waals surface area contributed by atoms with E-state index >= 15 is 0 Å². The standard InChI is InChI=1S/C26H48O5/c1-15-12-27-24(10,19(5)16(15)2)13-29-26(21(7)18(4)23(9)31-26)14-28-25(11)20(6)17(3)22(8)30-25/h15-23H,12-14H2,1-11H3/t15-,16?,17?,18?,19+,20-,21-,22+,23+,24+,25+,26+/m0/s1. The zero-order chi connectivity index (χ0) is 23.4. The van der Waals surface area contributed by atoms with Gasteiger partial charge in [0, 0.05) is 11.8 Å². The highest BCUT2D eigenvalue weighted by Crippen LogP contribution is 2.47. The molecule has 0 radical (unpaired) electrons. The van der Waals surface area contributed by atoms with Crippen LogP contribution in [0.5, 0.6) is 0 Å². The van der Waals surface area contributed by atoms with Crippen LogP contribution >= 0.6 is 0 Å². The Morgan fingerprint density at radius 3 is 1.77 bits per heavy atom. The van der Waals surface area contributed by atoms with E-state index in [-0.39, 0.29) is 23.7 Å². The van der Waals surface area contributed by atoms with Crippen LogP contribution in [0.25, 0.3) is 0 Å². The zero-order valence-corrected chi connectivity index (χ0v) is 21.9. The van der Waals surface area contributed by atoms with E-state index in [1.807, 2.05) is 0 Å². The Balaban J connectivity index is 1.76. The summed E-state index contributed by atoms with van der Waals surface area (Å²) in [7, 11) is 0. The van der Waals surface area contributed by atoms with E-state index in [1.54, 1.807) is 0 Å². The van der Waals surface area contributed by atoms with Gasteiger partial charge in [-0.2, -0.15) is 0 Å². The maximum Gasteiger partial charge on any atom is 0.195 e. The Morgan fingerprint density at radius 2 is 1.26 bits per heavy atom. The molecular weight excluding hydrogens is 392 g/mol. The summed E-state index contributed by atoms with van der Waals surface area (Å²) in [4.78, 5) is 0. The molecule has 5 heteroatoms. The van der Waals surface area contributed by atoms with Crippen LogP contribution in [0.3, 0.4) is 0 Å². The van der Waals surface area contributed by atoms with Crippen molar-refractivity contribution < 1.29 is 23.7 Å². The first-order valence-corrected chi connectivity index (χ1v) is 12.5. The van der Waals surface area contributed by atoms with Crippen LogP contribution in [-0.2, 0) is 23.7 Å². The second-order valence-corrected chi connectivity index (χ2v) is 11.6. The van der Waals surface area contributed by atoms with Crippen LogP contribution < -0.4 is 0 Å². The Bertz CT molecular complexity index is 627. The van der Waals surface area contributed by atoms with E-state index in [1.165, 1.54) is 0 Å². The number of hydrogen-bond donors (Lipinski definition) is 0. The third kappa shape index (κ3) is 4.47. The van der Waals surface area contributed by atoms with Crippen molar-refractivity contribution in [1.29, 1.82) is 0 Å². The van der Waals surface area contributed by atoms with Gasteiger partial charge in [-0.25, -0.2) is 0 Å². The number of rotatable bonds is 6. The molecule has 0 N–H and O–H groups in total. The van der Waals surface area contributed by atoms with Gasteiger partial charge in [-0.05, 0) is 57.3 Å². The van der Waals surface area contributed by atoms with Crippen molar-refractivity contribution in [2.45, 2.75) is 106 Å². The summed E-state index contributed by atoms with van der Waals surface area (Å²) in [6.45, 7) is 26.0. The lowest BCUT2D eigenvalue weighted by atomic mass is 9.73. The van der Waals surface area contributed by atoms with Crippen LogP contribution in [0.4, 0.5) is 0 Å². The van der Waals surface area contributed by atoms with Crippen molar-refractivity contribution in [1.82, 2.24) is 0 Å². The fraction of sp³-hybridized carbons (Fsp3) is 1.00. The topological polar surface area (TPSA) is 46.2 Å². The SMILES string of the molecule is CC1[C@@H](C)[C@@](C)(CO[C@]2(CO[C@]3(C)O[C@H](C)C(C)[C@@H]3C)O[C@H](C)C(C)[C@@H]2C)OC[C@@H]1C. The molecule has 3 heterocycles. The summed E-state index contributed by atoms with van der Waals surface area (Å²) in [6.07, 6.45) is 0.290. The summed E-state index contributed by atoms with van der Waals surface area (Å²) in [5.74, 6) is 1.46. The Morgan fingerprint density at radius 1 is 0.677 bits per heavy atom. The van der Waals surface area contributed by atoms with Gasteiger partial charge in [0.15, 0.2) is 11.6 Å². The van der Waals surface area contributed by atoms with E-state index in [0.29, 0.717) is 48.7 Å². The van der Waals surface area contributed by atoms with Crippen LogP contribution in [0.15, 0.2) is 0 Å². The molecule has 182 valence electrons. The van der Waals surface area contributed by atoms with Crippen molar-refractivity contribution in [3.63, 3.8) is 0 Å². The van der Waals surface area contributed by atoms with Crippen molar-refractivity contribution in [3.05, 3.63) is 0 Å². The molecule has 12 atom stereocenters. The van der Waals surface area contributed by atoms with Gasteiger partial charge >= 0.3 is 0 Å². The quantitative estimate of drug-likeness (QED) is 0.545. The minimum atomic E-state index is -0.793. The number of hydrogen-bond acceptors (Lipinski definition) is 5. The molecule has 0 bridgehead atoms. The lowest BCUT2D eigenvalue weighted by molar-refractivity contribution is -0.327. The van der Waals surface area contributed by atoms with Gasteiger partial charge in [-0.3, -0.25) is 0 Å². The highest BCUT2D eigenvalue weighted by atomic mass is 16.8. The Hall–Kier alpha value is -0.200. The summed E-state index contributed by atoms with van der Waals surface area (Å²) in [5, 5.41) is 0. The van der Waals surface area contributed by atoms with Gasteiger partial charge in [-0.1, -0.05) is 48.5 Å². The minimum Gasteiger partial charge on any atom is -0.372 e. The fourth-order valence-electron chi connectivity index (χ4n) is 5.68. The first-order valence-electron chi connectivity index (χ1n) is 12.5. The molecule has 0 saturated carbocycles. The molecule has 0 aromatic rings. The molecule has 3 saturated heterocycles. The highest BCUT2D eigenvalue weighted by Gasteiger charge is 2.55. The maximum atomic E-state index is 6.71. The van der Waals surface area contributed by atoms with E-state index in [4.69, 9.17) is 23.7 Å². The molecule has 3 unspecified atom stereocenters. The molecular formula is C26H48O5. The monoisotopic (exact) mass is 440 g/mol. The van der Waals surface area contributed by atoms with Crippen LogP contribution in [0, 0.1) is 41.4 Å². The Kier molecular flexibility index (Phi) is 7.27. The molecule has 5 nitrogen and oxygen atoms in total. The first kappa shape index (κ1) is 25.4. The average molecular weight is 441 g/mol. The average Bonchev–Trinajstić information content (AvgIpc) is 3.06. The summed E-state index contributed by atoms with van der Waals surface area (Å²) >= 11 is 0. The van der Waals surface area contributed by atoms with Gasteiger partial charge in [0.2, 0.25) is 0 Å². The van der Waals surface area contributed by atoms with E-state index < -0.39 is 11.6 Å². The van der Waals surface area contributed by atoms with Crippen molar-refractivity contribution >= 4 is 0 Å². The van der Waals surface area contributed by atoms with E-state index in [9.17, 15) is 0 Å². The maximum absolute atomic E-state index is 6.71. The summed E-state index contributed by atoms with van der Waals surface area (Å²) < 4.78 is 32.4. The van der Waals surface area contributed by atoms with Gasteiger partial charge in [0.1, 0.15) is 6.61 Å². The fourth-order valence-corrected chi connectivity index (χ4v) is 5.68. The normalized spacial score (nSPS) is 55.6. The molecule has 3 fully saturated rings. The van der Waals surface area contributed by atoms with Gasteiger partial charge in [0.05, 0.1) is 31.0 Å². The van der Waals surface area contributed by atoms with Crippen LogP contribution in [0.1, 0.15) is 76.2 Å². The molecule has 0 aromatic heterocycles. The molecule has 0 aliphatic carbocycles. The molecule has 0 spiro atoms. The van der Waals surface area contributed by atoms with E-state index in [0.717, 1.165) is 6.61 Å². The third-order valence-corrected chi connectivity index (χ3v) is 9.87. The second-order valence-electron chi connectivity index (χ2n) is 11.6. The summed E-state index contributed by atoms with van der Waals surface area (Å²) in [5.41, 5.74) is -0.332. The molecule has 0 aromatic carbocycles. The summed E-state index contributed by atoms with van der Waals surface area (Å²) in [6, 6.07) is 0. The zero-order valence-electron chi connectivity index (χ0n) is 21.9. The van der Waals surface area contributed by atoms with Crippen molar-refractivity contribution in [2.24, 2.45) is 41.4 Å². The molecule has 3 aliphatic heterocycles. The molecule has 3 rings (SSSR count). The van der Waals surface area contributed by atoms with Gasteiger partial charge in [-0.15, -0.1) is 0 Å². The van der Waals surface area contributed by atoms with E-state index in [2.05, 4.69) is 76.2 Å².